The van der Waals surface area contributed by atoms with Gasteiger partial charge in [0.2, 0.25) is 5.95 Å². The smallest absolute Gasteiger partial charge is 0.236 e. The molecule has 0 saturated heterocycles. The summed E-state index contributed by atoms with van der Waals surface area (Å²) >= 11 is 3.62. The molecule has 0 aliphatic heterocycles. The van der Waals surface area contributed by atoms with Crippen LogP contribution in [0, 0.1) is 0 Å². The van der Waals surface area contributed by atoms with Crippen molar-refractivity contribution < 1.29 is 0 Å². The van der Waals surface area contributed by atoms with Gasteiger partial charge in [0, 0.05) is 57.4 Å². The summed E-state index contributed by atoms with van der Waals surface area (Å²) in [6.07, 6.45) is 0. The van der Waals surface area contributed by atoms with Gasteiger partial charge in [-0.05, 0) is 40.4 Å². The predicted octanol–water partition coefficient (Wildman–Crippen LogP) is 12.3. The van der Waals surface area contributed by atoms with E-state index in [0.29, 0.717) is 5.95 Å². The van der Waals surface area contributed by atoms with Crippen LogP contribution in [0.3, 0.4) is 0 Å². The van der Waals surface area contributed by atoms with Crippen LogP contribution in [-0.4, -0.2) is 14.5 Å². The van der Waals surface area contributed by atoms with Crippen LogP contribution in [0.15, 0.2) is 140 Å². The van der Waals surface area contributed by atoms with Crippen LogP contribution in [0.1, 0.15) is 0 Å². The number of aromatic nitrogens is 3. The summed E-state index contributed by atoms with van der Waals surface area (Å²) in [5.74, 6) is 0.699. The second kappa shape index (κ2) is 9.46. The summed E-state index contributed by atoms with van der Waals surface area (Å²) in [4.78, 5) is 12.0. The Bertz CT molecular complexity index is 3090. The molecule has 11 rings (SSSR count). The molecule has 0 atom stereocenters. The maximum atomic E-state index is 5.56. The molecule has 7 aromatic carbocycles. The minimum atomic E-state index is 0.699. The quantitative estimate of drug-likeness (QED) is 0.190. The topological polar surface area (TPSA) is 30.7 Å². The second-order valence-corrected chi connectivity index (χ2v) is 14.2. The van der Waals surface area contributed by atoms with Gasteiger partial charge in [0.1, 0.15) is 4.83 Å². The van der Waals surface area contributed by atoms with Gasteiger partial charge in [0.05, 0.1) is 16.7 Å². The molecule has 0 aliphatic rings. The van der Waals surface area contributed by atoms with E-state index in [1.165, 1.54) is 68.1 Å². The molecule has 0 amide bonds. The Balaban J connectivity index is 1.36. The fourth-order valence-electron chi connectivity index (χ4n) is 7.58. The fourth-order valence-corrected chi connectivity index (χ4v) is 9.90. The summed E-state index contributed by atoms with van der Waals surface area (Å²) in [5, 5.41) is 12.3. The highest BCUT2D eigenvalue weighted by Gasteiger charge is 2.24. The number of para-hydroxylation sites is 1. The molecule has 0 radical (unpaired) electrons. The molecule has 5 heteroatoms. The molecule has 0 spiro atoms. The van der Waals surface area contributed by atoms with Crippen LogP contribution < -0.4 is 0 Å². The van der Waals surface area contributed by atoms with Crippen molar-refractivity contribution in [2.45, 2.75) is 0 Å². The summed E-state index contributed by atoms with van der Waals surface area (Å²) in [7, 11) is 0. The van der Waals surface area contributed by atoms with Crippen molar-refractivity contribution in [3.63, 3.8) is 0 Å². The molecule has 0 saturated carbocycles. The van der Waals surface area contributed by atoms with E-state index in [2.05, 4.69) is 144 Å². The van der Waals surface area contributed by atoms with Crippen LogP contribution in [0.2, 0.25) is 0 Å². The zero-order chi connectivity index (χ0) is 30.6. The van der Waals surface area contributed by atoms with Crippen molar-refractivity contribution in [2.24, 2.45) is 0 Å². The third-order valence-electron chi connectivity index (χ3n) is 9.60. The normalized spacial score (nSPS) is 12.3. The predicted molar refractivity (Wildman–Crippen MR) is 203 cm³/mol. The summed E-state index contributed by atoms with van der Waals surface area (Å²) < 4.78 is 6.15. The number of hydrogen-bond donors (Lipinski definition) is 0. The monoisotopic (exact) mass is 633 g/mol. The number of nitrogens with zero attached hydrogens (tertiary/aromatic N) is 3. The Morgan fingerprint density at radius 1 is 0.468 bits per heavy atom. The molecular weight excluding hydrogens is 611 g/mol. The molecule has 0 aliphatic carbocycles. The van der Waals surface area contributed by atoms with E-state index in [4.69, 9.17) is 9.97 Å². The first-order valence-corrected chi connectivity index (χ1v) is 17.4. The third kappa shape index (κ3) is 3.50. The number of fused-ring (bicyclic) bond motifs is 14. The molecule has 218 valence electrons. The average molecular weight is 634 g/mol. The van der Waals surface area contributed by atoms with E-state index in [-0.39, 0.29) is 0 Å². The van der Waals surface area contributed by atoms with E-state index in [1.807, 2.05) is 11.3 Å². The standard InChI is InChI=1S/C42H23N3S2/c1-2-12-25-23-26(22-21-24(25)11-1)38-36-30-16-6-10-20-34(30)47-41(36)44-42(43-38)45-32-18-8-5-15-29(32)35-27-13-3-4-14-28(27)40-37(39(35)45)31-17-7-9-19-33(31)46-40/h1-23H. The maximum Gasteiger partial charge on any atom is 0.236 e. The molecule has 0 bridgehead atoms. The molecule has 0 fully saturated rings. The van der Waals surface area contributed by atoms with Gasteiger partial charge in [0.15, 0.2) is 0 Å². The molecule has 0 unspecified atom stereocenters. The molecular formula is C42H23N3S2. The number of hydrogen-bond acceptors (Lipinski definition) is 4. The Morgan fingerprint density at radius 3 is 1.94 bits per heavy atom. The maximum absolute atomic E-state index is 5.56. The van der Waals surface area contributed by atoms with Crippen LogP contribution in [-0.2, 0) is 0 Å². The van der Waals surface area contributed by atoms with E-state index in [0.717, 1.165) is 27.0 Å². The van der Waals surface area contributed by atoms with Crippen LogP contribution in [0.5, 0.6) is 0 Å². The lowest BCUT2D eigenvalue weighted by Gasteiger charge is -2.12. The van der Waals surface area contributed by atoms with Gasteiger partial charge < -0.3 is 0 Å². The molecule has 4 aromatic heterocycles. The Kier molecular flexibility index (Phi) is 5.14. The largest absolute Gasteiger partial charge is 0.277 e. The Labute approximate surface area is 276 Å². The van der Waals surface area contributed by atoms with Crippen molar-refractivity contribution >= 4 is 106 Å². The first-order chi connectivity index (χ1) is 23.3. The van der Waals surface area contributed by atoms with E-state index >= 15 is 0 Å². The van der Waals surface area contributed by atoms with Gasteiger partial charge in [-0.3, -0.25) is 4.57 Å². The highest BCUT2D eigenvalue weighted by atomic mass is 32.1. The Hall–Kier alpha value is -5.62. The first kappa shape index (κ1) is 25.6. The minimum Gasteiger partial charge on any atom is -0.277 e. The summed E-state index contributed by atoms with van der Waals surface area (Å²) in [5.41, 5.74) is 4.34. The van der Waals surface area contributed by atoms with Crippen LogP contribution in [0.4, 0.5) is 0 Å². The highest BCUT2D eigenvalue weighted by Crippen LogP contribution is 2.48. The SMILES string of the molecule is c1ccc2cc(-c3nc(-n4c5ccccc5c5c6ccccc6c6sc7ccccc7c6c54)nc4sc5ccccc5c34)ccc2c1. The van der Waals surface area contributed by atoms with E-state index in [1.54, 1.807) is 11.3 Å². The van der Waals surface area contributed by atoms with Crippen molar-refractivity contribution in [1.29, 1.82) is 0 Å². The van der Waals surface area contributed by atoms with E-state index in [9.17, 15) is 0 Å². The highest BCUT2D eigenvalue weighted by molar-refractivity contribution is 7.27. The molecule has 11 aromatic rings. The first-order valence-electron chi connectivity index (χ1n) is 15.8. The lowest BCUT2D eigenvalue weighted by atomic mass is 10.00. The van der Waals surface area contributed by atoms with Gasteiger partial charge in [-0.2, -0.15) is 0 Å². The van der Waals surface area contributed by atoms with Crippen molar-refractivity contribution in [3.05, 3.63) is 140 Å². The number of benzene rings is 7. The van der Waals surface area contributed by atoms with Crippen LogP contribution in [0.25, 0.3) is 101 Å². The zero-order valence-corrected chi connectivity index (χ0v) is 26.6. The minimum absolute atomic E-state index is 0.699. The summed E-state index contributed by atoms with van der Waals surface area (Å²) in [6, 6.07) is 50.3. The average Bonchev–Trinajstić information content (AvgIpc) is 3.81. The lowest BCUT2D eigenvalue weighted by molar-refractivity contribution is 1.02. The second-order valence-electron chi connectivity index (χ2n) is 12.1. The molecule has 47 heavy (non-hydrogen) atoms. The van der Waals surface area contributed by atoms with Crippen molar-refractivity contribution in [1.82, 2.24) is 14.5 Å². The van der Waals surface area contributed by atoms with Gasteiger partial charge in [0.25, 0.3) is 0 Å². The molecule has 4 heterocycles. The van der Waals surface area contributed by atoms with Gasteiger partial charge >= 0.3 is 0 Å². The van der Waals surface area contributed by atoms with Gasteiger partial charge in [-0.15, -0.1) is 22.7 Å². The Morgan fingerprint density at radius 2 is 1.11 bits per heavy atom. The lowest BCUT2D eigenvalue weighted by Crippen LogP contribution is -2.03. The van der Waals surface area contributed by atoms with Crippen LogP contribution >= 0.6 is 22.7 Å². The molecule has 0 N–H and O–H groups in total. The van der Waals surface area contributed by atoms with Crippen molar-refractivity contribution in [2.75, 3.05) is 0 Å². The van der Waals surface area contributed by atoms with Crippen molar-refractivity contribution in [3.8, 4) is 17.2 Å². The van der Waals surface area contributed by atoms with E-state index < -0.39 is 0 Å². The molecule has 3 nitrogen and oxygen atoms in total. The number of rotatable bonds is 2. The van der Waals surface area contributed by atoms with Gasteiger partial charge in [-0.1, -0.05) is 115 Å². The fraction of sp³-hybridized carbons (Fsp3) is 0. The third-order valence-corrected chi connectivity index (χ3v) is 11.9. The number of thiophene rings is 2. The summed E-state index contributed by atoms with van der Waals surface area (Å²) in [6.45, 7) is 0. The zero-order valence-electron chi connectivity index (χ0n) is 24.9. The van der Waals surface area contributed by atoms with Gasteiger partial charge in [-0.25, -0.2) is 9.97 Å².